The van der Waals surface area contributed by atoms with Crippen molar-refractivity contribution in [2.45, 2.75) is 32.9 Å². The van der Waals surface area contributed by atoms with Crippen LogP contribution in [0.5, 0.6) is 17.2 Å². The molecule has 1 aromatic rings. The fourth-order valence-electron chi connectivity index (χ4n) is 1.83. The van der Waals surface area contributed by atoms with Crippen LogP contribution in [0.2, 0.25) is 0 Å². The van der Waals surface area contributed by atoms with E-state index in [-0.39, 0.29) is 35.1 Å². The smallest absolute Gasteiger partial charge is 0.200 e. The number of aliphatic hydroxyl groups is 1. The lowest BCUT2D eigenvalue weighted by Gasteiger charge is -2.31. The number of rotatable bonds is 4. The average Bonchev–Trinajstić information content (AvgIpc) is 2.36. The van der Waals surface area contributed by atoms with E-state index in [4.69, 9.17) is 15.2 Å². The van der Waals surface area contributed by atoms with Gasteiger partial charge in [0.25, 0.3) is 0 Å². The molecule has 5 nitrogen and oxygen atoms in total. The molecule has 0 aliphatic carbocycles. The molecule has 1 aromatic carbocycles. The molecule has 0 bridgehead atoms. The van der Waals surface area contributed by atoms with Crippen LogP contribution in [0.3, 0.4) is 0 Å². The van der Waals surface area contributed by atoms with Crippen molar-refractivity contribution in [1.29, 1.82) is 0 Å². The molecule has 0 heterocycles. The number of nitrogens with two attached hydrogens (primary N) is 1. The standard InChI is InChI=1S/C14H23NO4.ClH/c1-14(2,3)13(17)11(15)8-6-9(18-4)12(16)10(7-8)19-5;/h6-7,11,13,16-17H,15H2,1-5H3;1H/t11-,13-;/m0./s1. The number of phenolic OH excluding ortho intramolecular Hbond substituents is 1. The van der Waals surface area contributed by atoms with Crippen LogP contribution in [0.25, 0.3) is 0 Å². The first kappa shape index (κ1) is 18.8. The summed E-state index contributed by atoms with van der Waals surface area (Å²) >= 11 is 0. The number of ether oxygens (including phenoxy) is 2. The SMILES string of the molecule is COc1cc([C@H](N)[C@H](O)C(C)(C)C)cc(OC)c1O.Cl. The lowest BCUT2D eigenvalue weighted by molar-refractivity contribution is 0.0400. The highest BCUT2D eigenvalue weighted by Gasteiger charge is 2.30. The van der Waals surface area contributed by atoms with Crippen molar-refractivity contribution in [3.05, 3.63) is 17.7 Å². The topological polar surface area (TPSA) is 84.9 Å². The van der Waals surface area contributed by atoms with Crippen molar-refractivity contribution in [2.75, 3.05) is 14.2 Å². The van der Waals surface area contributed by atoms with E-state index in [0.29, 0.717) is 5.56 Å². The Kier molecular flexibility index (Phi) is 6.61. The van der Waals surface area contributed by atoms with Gasteiger partial charge in [-0.2, -0.15) is 0 Å². The summed E-state index contributed by atoms with van der Waals surface area (Å²) in [7, 11) is 2.90. The lowest BCUT2D eigenvalue weighted by Crippen LogP contribution is -2.36. The maximum Gasteiger partial charge on any atom is 0.200 e. The maximum atomic E-state index is 10.2. The van der Waals surface area contributed by atoms with Crippen LogP contribution < -0.4 is 15.2 Å². The summed E-state index contributed by atoms with van der Waals surface area (Å²) in [6.07, 6.45) is -0.730. The number of aromatic hydroxyl groups is 1. The zero-order valence-corrected chi connectivity index (χ0v) is 13.3. The summed E-state index contributed by atoms with van der Waals surface area (Å²) in [4.78, 5) is 0. The number of hydrogen-bond donors (Lipinski definition) is 3. The van der Waals surface area contributed by atoms with E-state index in [1.54, 1.807) is 12.1 Å². The molecule has 0 radical (unpaired) electrons. The maximum absolute atomic E-state index is 10.2. The van der Waals surface area contributed by atoms with Crippen LogP contribution >= 0.6 is 12.4 Å². The van der Waals surface area contributed by atoms with Crippen molar-refractivity contribution in [3.63, 3.8) is 0 Å². The van der Waals surface area contributed by atoms with Crippen molar-refractivity contribution >= 4 is 12.4 Å². The Bertz CT molecular complexity index is 420. The molecule has 0 saturated heterocycles. The first-order chi connectivity index (χ1) is 8.72. The third-order valence-corrected chi connectivity index (χ3v) is 3.11. The van der Waals surface area contributed by atoms with E-state index in [1.165, 1.54) is 14.2 Å². The third-order valence-electron chi connectivity index (χ3n) is 3.11. The van der Waals surface area contributed by atoms with E-state index < -0.39 is 12.1 Å². The third kappa shape index (κ3) is 3.91. The zero-order chi connectivity index (χ0) is 14.8. The second-order valence-corrected chi connectivity index (χ2v) is 5.61. The second-order valence-electron chi connectivity index (χ2n) is 5.61. The lowest BCUT2D eigenvalue weighted by atomic mass is 9.82. The van der Waals surface area contributed by atoms with E-state index in [0.717, 1.165) is 0 Å². The van der Waals surface area contributed by atoms with Crippen LogP contribution in [0.4, 0.5) is 0 Å². The molecule has 0 amide bonds. The number of methoxy groups -OCH3 is 2. The highest BCUT2D eigenvalue weighted by Crippen LogP contribution is 2.40. The van der Waals surface area contributed by atoms with E-state index in [1.807, 2.05) is 20.8 Å². The Balaban J connectivity index is 0.00000361. The molecule has 0 spiro atoms. The van der Waals surface area contributed by atoms with E-state index in [9.17, 15) is 10.2 Å². The van der Waals surface area contributed by atoms with Gasteiger partial charge in [0.15, 0.2) is 11.5 Å². The number of halogens is 1. The molecule has 0 fully saturated rings. The molecule has 6 heteroatoms. The Morgan fingerprint density at radius 2 is 1.50 bits per heavy atom. The average molecular weight is 306 g/mol. The molecule has 0 aliphatic heterocycles. The minimum absolute atomic E-state index is 0. The summed E-state index contributed by atoms with van der Waals surface area (Å²) in [6, 6.07) is 2.62. The van der Waals surface area contributed by atoms with Gasteiger partial charge in [0.1, 0.15) is 0 Å². The Morgan fingerprint density at radius 1 is 1.10 bits per heavy atom. The summed E-state index contributed by atoms with van der Waals surface area (Å²) in [6.45, 7) is 5.73. The molecule has 116 valence electrons. The Hall–Kier alpha value is -1.17. The molecule has 20 heavy (non-hydrogen) atoms. The van der Waals surface area contributed by atoms with Gasteiger partial charge < -0.3 is 25.4 Å². The van der Waals surface area contributed by atoms with Gasteiger partial charge in [0, 0.05) is 0 Å². The minimum atomic E-state index is -0.730. The van der Waals surface area contributed by atoms with Crippen LogP contribution in [0.15, 0.2) is 12.1 Å². The fourth-order valence-corrected chi connectivity index (χ4v) is 1.83. The largest absolute Gasteiger partial charge is 0.502 e. The highest BCUT2D eigenvalue weighted by molar-refractivity contribution is 5.85. The Labute approximate surface area is 126 Å². The number of benzene rings is 1. The number of phenols is 1. The molecule has 4 N–H and O–H groups in total. The van der Waals surface area contributed by atoms with Gasteiger partial charge in [0.05, 0.1) is 26.4 Å². The number of hydrogen-bond acceptors (Lipinski definition) is 5. The fraction of sp³-hybridized carbons (Fsp3) is 0.571. The Morgan fingerprint density at radius 3 is 1.80 bits per heavy atom. The monoisotopic (exact) mass is 305 g/mol. The van der Waals surface area contributed by atoms with Gasteiger partial charge in [-0.1, -0.05) is 20.8 Å². The first-order valence-corrected chi connectivity index (χ1v) is 6.11. The van der Waals surface area contributed by atoms with E-state index >= 15 is 0 Å². The highest BCUT2D eigenvalue weighted by atomic mass is 35.5. The van der Waals surface area contributed by atoms with Crippen molar-refractivity contribution in [2.24, 2.45) is 11.1 Å². The predicted molar refractivity (Wildman–Crippen MR) is 80.8 cm³/mol. The second kappa shape index (κ2) is 7.02. The van der Waals surface area contributed by atoms with E-state index in [2.05, 4.69) is 0 Å². The molecule has 0 unspecified atom stereocenters. The van der Waals surface area contributed by atoms with Crippen molar-refractivity contribution in [3.8, 4) is 17.2 Å². The predicted octanol–water partition coefficient (Wildman–Crippen LogP) is 2.24. The van der Waals surface area contributed by atoms with Gasteiger partial charge in [0.2, 0.25) is 5.75 Å². The van der Waals surface area contributed by atoms with Crippen LogP contribution in [0, 0.1) is 5.41 Å². The van der Waals surface area contributed by atoms with Crippen LogP contribution in [-0.4, -0.2) is 30.5 Å². The zero-order valence-electron chi connectivity index (χ0n) is 12.5. The molecule has 0 saturated carbocycles. The van der Waals surface area contributed by atoms with Crippen molar-refractivity contribution < 1.29 is 19.7 Å². The molecular weight excluding hydrogens is 282 g/mol. The van der Waals surface area contributed by atoms with Gasteiger partial charge in [-0.05, 0) is 23.1 Å². The molecule has 0 aliphatic rings. The molecule has 1 rings (SSSR count). The minimum Gasteiger partial charge on any atom is -0.502 e. The molecule has 2 atom stereocenters. The summed E-state index contributed by atoms with van der Waals surface area (Å²) in [5.41, 5.74) is 6.38. The van der Waals surface area contributed by atoms with Gasteiger partial charge >= 0.3 is 0 Å². The first-order valence-electron chi connectivity index (χ1n) is 6.11. The van der Waals surface area contributed by atoms with Gasteiger partial charge in [-0.3, -0.25) is 0 Å². The van der Waals surface area contributed by atoms with Gasteiger partial charge in [-0.25, -0.2) is 0 Å². The normalized spacial score (nSPS) is 14.2. The van der Waals surface area contributed by atoms with Crippen LogP contribution in [0.1, 0.15) is 32.4 Å². The molecule has 0 aromatic heterocycles. The summed E-state index contributed by atoms with van der Waals surface area (Å²) in [5.74, 6) is 0.461. The quantitative estimate of drug-likeness (QED) is 0.794. The molecular formula is C14H24ClNO4. The van der Waals surface area contributed by atoms with Crippen LogP contribution in [-0.2, 0) is 0 Å². The summed E-state index contributed by atoms with van der Waals surface area (Å²) < 4.78 is 10.2. The van der Waals surface area contributed by atoms with Gasteiger partial charge in [-0.15, -0.1) is 12.4 Å². The number of aliphatic hydroxyl groups excluding tert-OH is 1. The summed E-state index contributed by atoms with van der Waals surface area (Å²) in [5, 5.41) is 20.1. The van der Waals surface area contributed by atoms with Crippen molar-refractivity contribution in [1.82, 2.24) is 0 Å².